The lowest BCUT2D eigenvalue weighted by Gasteiger charge is -2.11. The van der Waals surface area contributed by atoms with Gasteiger partial charge in [0.2, 0.25) is 0 Å². The van der Waals surface area contributed by atoms with Crippen molar-refractivity contribution < 1.29 is 0 Å². The first-order valence-corrected chi connectivity index (χ1v) is 7.32. The van der Waals surface area contributed by atoms with Gasteiger partial charge in [-0.05, 0) is 47.7 Å². The van der Waals surface area contributed by atoms with Crippen molar-refractivity contribution in [2.24, 2.45) is 12.8 Å². The summed E-state index contributed by atoms with van der Waals surface area (Å²) in [5.41, 5.74) is 8.08. The van der Waals surface area contributed by atoms with Gasteiger partial charge >= 0.3 is 0 Å². The third-order valence-corrected chi connectivity index (χ3v) is 3.84. The topological polar surface area (TPSA) is 55.9 Å². The Morgan fingerprint density at radius 1 is 1.53 bits per heavy atom. The van der Waals surface area contributed by atoms with Crippen molar-refractivity contribution in [2.75, 3.05) is 5.32 Å². The fraction of sp³-hybridized carbons (Fsp3) is 0.167. The monoisotopic (exact) mass is 406 g/mol. The van der Waals surface area contributed by atoms with Crippen molar-refractivity contribution in [3.05, 3.63) is 38.0 Å². The molecule has 0 aliphatic heterocycles. The molecule has 3 N–H and O–H groups in total. The lowest BCUT2D eigenvalue weighted by atomic mass is 10.2. The van der Waals surface area contributed by atoms with Crippen LogP contribution in [0.4, 0.5) is 11.5 Å². The molecule has 100 valence electrons. The van der Waals surface area contributed by atoms with E-state index in [0.717, 1.165) is 26.3 Å². The van der Waals surface area contributed by atoms with E-state index in [0.29, 0.717) is 10.0 Å². The normalized spacial score (nSPS) is 10.5. The Morgan fingerprint density at radius 2 is 2.21 bits per heavy atom. The largest absolute Gasteiger partial charge is 0.389 e. The van der Waals surface area contributed by atoms with Gasteiger partial charge in [-0.1, -0.05) is 23.8 Å². The second kappa shape index (κ2) is 5.64. The van der Waals surface area contributed by atoms with Gasteiger partial charge in [0.25, 0.3) is 0 Å². The Balaban J connectivity index is 2.46. The molecule has 2 rings (SSSR count). The van der Waals surface area contributed by atoms with Gasteiger partial charge in [0.1, 0.15) is 10.8 Å². The molecule has 0 fully saturated rings. The predicted molar refractivity (Wildman–Crippen MR) is 91.3 cm³/mol. The third kappa shape index (κ3) is 3.01. The van der Waals surface area contributed by atoms with Crippen LogP contribution < -0.4 is 11.1 Å². The summed E-state index contributed by atoms with van der Waals surface area (Å²) in [5.74, 6) is 0.744. The number of aryl methyl sites for hydroxylation is 2. The van der Waals surface area contributed by atoms with Gasteiger partial charge in [0.05, 0.1) is 22.0 Å². The number of hydrogen-bond acceptors (Lipinski definition) is 3. The first-order chi connectivity index (χ1) is 8.90. The molecule has 2 aromatic rings. The van der Waals surface area contributed by atoms with Crippen LogP contribution in [0.25, 0.3) is 0 Å². The van der Waals surface area contributed by atoms with Crippen LogP contribution in [0, 0.1) is 10.5 Å². The van der Waals surface area contributed by atoms with E-state index in [1.807, 2.05) is 32.2 Å². The molecule has 1 aromatic carbocycles. The zero-order chi connectivity index (χ0) is 14.2. The van der Waals surface area contributed by atoms with Gasteiger partial charge < -0.3 is 11.1 Å². The highest BCUT2D eigenvalue weighted by molar-refractivity contribution is 14.1. The molecule has 1 heterocycles. The quantitative estimate of drug-likeness (QED) is 0.606. The Bertz CT molecular complexity index is 653. The summed E-state index contributed by atoms with van der Waals surface area (Å²) in [6.07, 6.45) is 0. The van der Waals surface area contributed by atoms with Crippen molar-refractivity contribution in [3.63, 3.8) is 0 Å². The minimum absolute atomic E-state index is 0.315. The molecule has 0 aliphatic carbocycles. The Morgan fingerprint density at radius 3 is 2.79 bits per heavy atom. The number of nitrogens with two attached hydrogens (primary N) is 1. The van der Waals surface area contributed by atoms with Crippen LogP contribution in [-0.4, -0.2) is 14.8 Å². The van der Waals surface area contributed by atoms with Crippen LogP contribution in [0.1, 0.15) is 11.3 Å². The molecule has 0 spiro atoms. The second-order valence-electron chi connectivity index (χ2n) is 4.05. The van der Waals surface area contributed by atoms with Gasteiger partial charge in [-0.3, -0.25) is 4.68 Å². The summed E-state index contributed by atoms with van der Waals surface area (Å²) in [5, 5.41) is 8.19. The number of nitrogens with one attached hydrogen (secondary N) is 1. The number of anilines is 2. The highest BCUT2D eigenvalue weighted by Gasteiger charge is 2.16. The third-order valence-electron chi connectivity index (χ3n) is 2.65. The maximum atomic E-state index is 6.21. The van der Waals surface area contributed by atoms with Crippen molar-refractivity contribution in [1.82, 2.24) is 9.78 Å². The zero-order valence-electron chi connectivity index (χ0n) is 10.4. The average Bonchev–Trinajstić information content (AvgIpc) is 2.57. The first-order valence-electron chi connectivity index (χ1n) is 5.45. The van der Waals surface area contributed by atoms with Gasteiger partial charge in [-0.2, -0.15) is 5.10 Å². The molecular formula is C12H12ClIN4S. The number of benzene rings is 1. The van der Waals surface area contributed by atoms with E-state index in [1.165, 1.54) is 0 Å². The number of aromatic nitrogens is 2. The van der Waals surface area contributed by atoms with Crippen LogP contribution in [0.3, 0.4) is 0 Å². The number of nitrogens with zero attached hydrogens (tertiary/aromatic N) is 2. The van der Waals surface area contributed by atoms with E-state index < -0.39 is 0 Å². The van der Waals surface area contributed by atoms with Crippen LogP contribution in [-0.2, 0) is 7.05 Å². The molecule has 1 aromatic heterocycles. The van der Waals surface area contributed by atoms with E-state index in [4.69, 9.17) is 29.6 Å². The summed E-state index contributed by atoms with van der Waals surface area (Å²) in [6, 6.07) is 5.77. The van der Waals surface area contributed by atoms with Gasteiger partial charge in [0.15, 0.2) is 0 Å². The molecule has 4 nitrogen and oxygen atoms in total. The first kappa shape index (κ1) is 14.5. The maximum absolute atomic E-state index is 6.21. The van der Waals surface area contributed by atoms with Gasteiger partial charge in [-0.15, -0.1) is 0 Å². The standard InChI is InChI=1S/C12H12ClIN4S/c1-6-10(11(15)19)12(18(2)17-6)16-9-4-3-7(14)5-8(9)13/h3-5,16H,1-2H3,(H2,15,19). The van der Waals surface area contributed by atoms with Crippen molar-refractivity contribution in [2.45, 2.75) is 6.92 Å². The summed E-state index contributed by atoms with van der Waals surface area (Å²) in [6.45, 7) is 1.87. The zero-order valence-corrected chi connectivity index (χ0v) is 14.1. The fourth-order valence-corrected chi connectivity index (χ4v) is 2.96. The number of halogens is 2. The van der Waals surface area contributed by atoms with E-state index >= 15 is 0 Å². The summed E-state index contributed by atoms with van der Waals surface area (Å²) < 4.78 is 2.78. The SMILES string of the molecule is Cc1nn(C)c(Nc2ccc(I)cc2Cl)c1C(N)=S. The lowest BCUT2D eigenvalue weighted by Crippen LogP contribution is -2.13. The second-order valence-corrected chi connectivity index (χ2v) is 6.14. The molecule has 0 atom stereocenters. The minimum atomic E-state index is 0.315. The molecule has 7 heteroatoms. The number of rotatable bonds is 3. The van der Waals surface area contributed by atoms with E-state index in [2.05, 4.69) is 33.0 Å². The molecule has 0 amide bonds. The van der Waals surface area contributed by atoms with Crippen molar-refractivity contribution in [3.8, 4) is 0 Å². The van der Waals surface area contributed by atoms with E-state index in [9.17, 15) is 0 Å². The van der Waals surface area contributed by atoms with E-state index in [1.54, 1.807) is 4.68 Å². The van der Waals surface area contributed by atoms with Crippen LogP contribution >= 0.6 is 46.4 Å². The van der Waals surface area contributed by atoms with Crippen LogP contribution in [0.5, 0.6) is 0 Å². The highest BCUT2D eigenvalue weighted by atomic mass is 127. The number of thiocarbonyl (C=S) groups is 1. The molecule has 0 saturated heterocycles. The predicted octanol–water partition coefficient (Wildman–Crippen LogP) is 3.36. The van der Waals surface area contributed by atoms with Gasteiger partial charge in [0, 0.05) is 10.6 Å². The van der Waals surface area contributed by atoms with Crippen LogP contribution in [0.15, 0.2) is 18.2 Å². The molecule has 19 heavy (non-hydrogen) atoms. The molecule has 0 aliphatic rings. The maximum Gasteiger partial charge on any atom is 0.138 e. The van der Waals surface area contributed by atoms with E-state index in [-0.39, 0.29) is 0 Å². The Kier molecular flexibility index (Phi) is 4.32. The minimum Gasteiger partial charge on any atom is -0.389 e. The van der Waals surface area contributed by atoms with Crippen LogP contribution in [0.2, 0.25) is 5.02 Å². The highest BCUT2D eigenvalue weighted by Crippen LogP contribution is 2.29. The molecule has 0 saturated carbocycles. The summed E-state index contributed by atoms with van der Waals surface area (Å²) >= 11 is 13.5. The van der Waals surface area contributed by atoms with Crippen molar-refractivity contribution in [1.29, 1.82) is 0 Å². The Labute approximate surface area is 135 Å². The summed E-state index contributed by atoms with van der Waals surface area (Å²) in [7, 11) is 1.83. The Hall–Kier alpha value is -0.860. The lowest BCUT2D eigenvalue weighted by molar-refractivity contribution is 0.765. The molecule has 0 unspecified atom stereocenters. The average molecular weight is 407 g/mol. The number of hydrogen-bond donors (Lipinski definition) is 2. The molecular weight excluding hydrogens is 395 g/mol. The molecule has 0 radical (unpaired) electrons. The van der Waals surface area contributed by atoms with Crippen molar-refractivity contribution >= 4 is 62.9 Å². The fourth-order valence-electron chi connectivity index (χ4n) is 1.81. The van der Waals surface area contributed by atoms with Gasteiger partial charge in [-0.25, -0.2) is 0 Å². The molecule has 0 bridgehead atoms. The smallest absolute Gasteiger partial charge is 0.138 e. The summed E-state index contributed by atoms with van der Waals surface area (Å²) in [4.78, 5) is 0.315.